The monoisotopic (exact) mass is 247 g/mol. The van der Waals surface area contributed by atoms with Gasteiger partial charge in [0, 0.05) is 18.7 Å². The first-order chi connectivity index (χ1) is 8.72. The van der Waals surface area contributed by atoms with E-state index in [-0.39, 0.29) is 5.69 Å². The van der Waals surface area contributed by atoms with Crippen LogP contribution in [0.4, 0.5) is 11.7 Å². The van der Waals surface area contributed by atoms with Gasteiger partial charge in [0.1, 0.15) is 5.52 Å². The molecular formula is C12H13N3O3. The number of nitro benzene ring substituents is 1. The summed E-state index contributed by atoms with van der Waals surface area (Å²) in [5.41, 5.74) is 1.11. The average molecular weight is 247 g/mol. The molecule has 1 N–H and O–H groups in total. The lowest BCUT2D eigenvalue weighted by Gasteiger charge is -2.24. The zero-order chi connectivity index (χ0) is 12.5. The number of anilines is 1. The van der Waals surface area contributed by atoms with Crippen LogP contribution in [-0.4, -0.2) is 16.5 Å². The van der Waals surface area contributed by atoms with Gasteiger partial charge < -0.3 is 9.73 Å². The third-order valence-corrected chi connectivity index (χ3v) is 3.35. The van der Waals surface area contributed by atoms with Gasteiger partial charge in [-0.1, -0.05) is 6.42 Å². The number of nitrogens with one attached hydrogen (secondary N) is 1. The van der Waals surface area contributed by atoms with Crippen molar-refractivity contribution in [2.45, 2.75) is 19.3 Å². The second kappa shape index (κ2) is 4.29. The van der Waals surface area contributed by atoms with Crippen LogP contribution in [0.1, 0.15) is 19.3 Å². The Balaban J connectivity index is 1.79. The fourth-order valence-corrected chi connectivity index (χ4v) is 2.03. The van der Waals surface area contributed by atoms with Gasteiger partial charge in [0.15, 0.2) is 5.58 Å². The van der Waals surface area contributed by atoms with Gasteiger partial charge in [-0.25, -0.2) is 0 Å². The molecule has 3 rings (SSSR count). The molecule has 0 bridgehead atoms. The molecule has 0 atom stereocenters. The number of non-ortho nitro benzene ring substituents is 1. The van der Waals surface area contributed by atoms with Crippen LogP contribution in [0.25, 0.3) is 11.1 Å². The predicted octanol–water partition coefficient (Wildman–Crippen LogP) is 2.95. The fraction of sp³-hybridized carbons (Fsp3) is 0.417. The summed E-state index contributed by atoms with van der Waals surface area (Å²) in [7, 11) is 0. The van der Waals surface area contributed by atoms with Gasteiger partial charge in [0.05, 0.1) is 4.92 Å². The molecule has 0 spiro atoms. The summed E-state index contributed by atoms with van der Waals surface area (Å²) >= 11 is 0. The third-order valence-electron chi connectivity index (χ3n) is 3.35. The first kappa shape index (κ1) is 11.0. The number of fused-ring (bicyclic) bond motifs is 1. The van der Waals surface area contributed by atoms with Gasteiger partial charge in [-0.05, 0) is 24.8 Å². The molecule has 6 heteroatoms. The Kier molecular flexibility index (Phi) is 2.62. The Morgan fingerprint density at radius 2 is 2.33 bits per heavy atom. The zero-order valence-corrected chi connectivity index (χ0v) is 9.76. The Labute approximate surface area is 103 Å². The van der Waals surface area contributed by atoms with Crippen LogP contribution in [-0.2, 0) is 0 Å². The predicted molar refractivity (Wildman–Crippen MR) is 66.5 cm³/mol. The molecule has 18 heavy (non-hydrogen) atoms. The minimum atomic E-state index is -0.435. The van der Waals surface area contributed by atoms with E-state index in [1.807, 2.05) is 0 Å². The second-order valence-electron chi connectivity index (χ2n) is 4.61. The van der Waals surface area contributed by atoms with E-state index in [1.165, 1.54) is 31.4 Å². The Morgan fingerprint density at radius 3 is 3.00 bits per heavy atom. The smallest absolute Gasteiger partial charge is 0.295 e. The number of aromatic nitrogens is 1. The summed E-state index contributed by atoms with van der Waals surface area (Å²) < 4.78 is 5.48. The highest BCUT2D eigenvalue weighted by Gasteiger charge is 2.18. The van der Waals surface area contributed by atoms with Gasteiger partial charge in [-0.15, -0.1) is 0 Å². The van der Waals surface area contributed by atoms with Gasteiger partial charge >= 0.3 is 0 Å². The molecule has 1 saturated carbocycles. The summed E-state index contributed by atoms with van der Waals surface area (Å²) in [4.78, 5) is 14.4. The minimum Gasteiger partial charge on any atom is -0.424 e. The molecule has 6 nitrogen and oxygen atoms in total. The van der Waals surface area contributed by atoms with E-state index in [0.717, 1.165) is 6.54 Å². The normalized spacial score (nSPS) is 15.6. The molecule has 1 heterocycles. The summed E-state index contributed by atoms with van der Waals surface area (Å²) in [5, 5.41) is 13.8. The topological polar surface area (TPSA) is 81.2 Å². The molecule has 0 saturated heterocycles. The number of rotatable bonds is 4. The van der Waals surface area contributed by atoms with Crippen molar-refractivity contribution in [3.63, 3.8) is 0 Å². The van der Waals surface area contributed by atoms with Crippen LogP contribution in [0, 0.1) is 16.0 Å². The molecule has 94 valence electrons. The van der Waals surface area contributed by atoms with Crippen LogP contribution in [0.2, 0.25) is 0 Å². The van der Waals surface area contributed by atoms with Crippen LogP contribution in [0.3, 0.4) is 0 Å². The van der Waals surface area contributed by atoms with E-state index in [1.54, 1.807) is 6.07 Å². The number of nitrogens with zero attached hydrogens (tertiary/aromatic N) is 2. The largest absolute Gasteiger partial charge is 0.424 e. The van der Waals surface area contributed by atoms with E-state index in [2.05, 4.69) is 10.3 Å². The number of benzene rings is 1. The highest BCUT2D eigenvalue weighted by molar-refractivity contribution is 5.77. The molecule has 0 amide bonds. The highest BCUT2D eigenvalue weighted by atomic mass is 16.6. The Hall–Kier alpha value is -2.11. The van der Waals surface area contributed by atoms with Crippen molar-refractivity contribution in [3.05, 3.63) is 28.3 Å². The van der Waals surface area contributed by atoms with Crippen LogP contribution < -0.4 is 5.32 Å². The quantitative estimate of drug-likeness (QED) is 0.663. The summed E-state index contributed by atoms with van der Waals surface area (Å²) in [5.74, 6) is 0.703. The minimum absolute atomic E-state index is 0.0290. The molecule has 1 aromatic heterocycles. The molecule has 0 aliphatic heterocycles. The lowest BCUT2D eigenvalue weighted by atomic mass is 9.85. The third kappa shape index (κ3) is 2.01. The number of oxazole rings is 1. The van der Waals surface area contributed by atoms with E-state index < -0.39 is 4.92 Å². The first-order valence-corrected chi connectivity index (χ1v) is 6.01. The Morgan fingerprint density at radius 1 is 1.50 bits per heavy atom. The summed E-state index contributed by atoms with van der Waals surface area (Å²) in [6, 6.07) is 4.86. The lowest BCUT2D eigenvalue weighted by Crippen LogP contribution is -2.20. The maximum atomic E-state index is 10.6. The van der Waals surface area contributed by atoms with Crippen molar-refractivity contribution in [1.82, 2.24) is 4.98 Å². The molecule has 1 aromatic carbocycles. The SMILES string of the molecule is O=[N+]([O-])c1ccc2oc(NCC3CCC3)nc2c1. The van der Waals surface area contributed by atoms with Crippen molar-refractivity contribution in [2.75, 3.05) is 11.9 Å². The van der Waals surface area contributed by atoms with Gasteiger partial charge in [-0.3, -0.25) is 10.1 Å². The number of hydrogen-bond acceptors (Lipinski definition) is 5. The van der Waals surface area contributed by atoms with Crippen molar-refractivity contribution in [3.8, 4) is 0 Å². The fourth-order valence-electron chi connectivity index (χ4n) is 2.03. The second-order valence-corrected chi connectivity index (χ2v) is 4.61. The van der Waals surface area contributed by atoms with Gasteiger partial charge in [-0.2, -0.15) is 4.98 Å². The molecule has 1 aliphatic carbocycles. The molecule has 0 unspecified atom stereocenters. The molecule has 2 aromatic rings. The lowest BCUT2D eigenvalue weighted by molar-refractivity contribution is -0.384. The highest BCUT2D eigenvalue weighted by Crippen LogP contribution is 2.27. The standard InChI is InChI=1S/C12H13N3O3/c16-15(17)9-4-5-11-10(6-9)14-12(18-11)13-7-8-2-1-3-8/h4-6,8H,1-3,7H2,(H,13,14). The van der Waals surface area contributed by atoms with E-state index in [9.17, 15) is 10.1 Å². The maximum Gasteiger partial charge on any atom is 0.295 e. The van der Waals surface area contributed by atoms with Crippen LogP contribution >= 0.6 is 0 Å². The molecular weight excluding hydrogens is 234 g/mol. The van der Waals surface area contributed by atoms with Crippen molar-refractivity contribution < 1.29 is 9.34 Å². The van der Waals surface area contributed by atoms with E-state index in [4.69, 9.17) is 4.42 Å². The van der Waals surface area contributed by atoms with Crippen molar-refractivity contribution >= 4 is 22.8 Å². The molecule has 1 aliphatic rings. The summed E-state index contributed by atoms with van der Waals surface area (Å²) in [6.07, 6.45) is 3.80. The van der Waals surface area contributed by atoms with Gasteiger partial charge in [0.2, 0.25) is 0 Å². The maximum absolute atomic E-state index is 10.6. The van der Waals surface area contributed by atoms with Crippen molar-refractivity contribution in [1.29, 1.82) is 0 Å². The molecule has 0 radical (unpaired) electrons. The Bertz CT molecular complexity index is 589. The molecule has 1 fully saturated rings. The van der Waals surface area contributed by atoms with Crippen LogP contribution in [0.15, 0.2) is 22.6 Å². The number of nitro groups is 1. The zero-order valence-electron chi connectivity index (χ0n) is 9.76. The number of hydrogen-bond donors (Lipinski definition) is 1. The van der Waals surface area contributed by atoms with E-state index >= 15 is 0 Å². The van der Waals surface area contributed by atoms with Gasteiger partial charge in [0.25, 0.3) is 11.7 Å². The van der Waals surface area contributed by atoms with E-state index in [0.29, 0.717) is 23.0 Å². The first-order valence-electron chi connectivity index (χ1n) is 6.01. The average Bonchev–Trinajstić information content (AvgIpc) is 2.68. The van der Waals surface area contributed by atoms with Crippen LogP contribution in [0.5, 0.6) is 0 Å². The van der Waals surface area contributed by atoms with Crippen molar-refractivity contribution in [2.24, 2.45) is 5.92 Å². The summed E-state index contributed by atoms with van der Waals surface area (Å²) in [6.45, 7) is 0.856.